The molecule has 1 unspecified atom stereocenters. The van der Waals surface area contributed by atoms with Gasteiger partial charge in [0.25, 0.3) is 0 Å². The summed E-state index contributed by atoms with van der Waals surface area (Å²) in [6, 6.07) is 3.81. The Labute approximate surface area is 101 Å². The largest absolute Gasteiger partial charge is 0.310 e. The molecule has 1 amide bonds. The second-order valence-corrected chi connectivity index (χ2v) is 5.04. The molecule has 0 radical (unpaired) electrons. The van der Waals surface area contributed by atoms with Crippen LogP contribution in [-0.2, 0) is 4.79 Å². The first-order valence-electron chi connectivity index (χ1n) is 4.27. The second-order valence-electron chi connectivity index (χ2n) is 3.20. The van der Waals surface area contributed by atoms with Crippen molar-refractivity contribution < 1.29 is 4.79 Å². The summed E-state index contributed by atoms with van der Waals surface area (Å²) in [6.07, 6.45) is 2.25. The minimum absolute atomic E-state index is 0.132. The summed E-state index contributed by atoms with van der Waals surface area (Å²) in [5.41, 5.74) is 0.868. The predicted octanol–water partition coefficient (Wildman–Crippen LogP) is 1.72. The molecule has 0 bridgehead atoms. The van der Waals surface area contributed by atoms with Gasteiger partial charge in [-0.25, -0.2) is 4.98 Å². The third-order valence-corrected chi connectivity index (χ3v) is 3.11. The smallest absolute Gasteiger partial charge is 0.228 e. The Balaban J connectivity index is 2.23. The van der Waals surface area contributed by atoms with Gasteiger partial charge in [0.05, 0.1) is 11.9 Å². The highest BCUT2D eigenvalue weighted by atomic mass is 127. The van der Waals surface area contributed by atoms with Crippen LogP contribution in [0.3, 0.4) is 0 Å². The molecule has 1 aliphatic rings. The number of thiol groups is 1. The number of anilines is 1. The van der Waals surface area contributed by atoms with Crippen molar-refractivity contribution in [3.05, 3.63) is 22.0 Å². The molecule has 3 nitrogen and oxygen atoms in total. The Kier molecular flexibility index (Phi) is 2.96. The van der Waals surface area contributed by atoms with Gasteiger partial charge >= 0.3 is 0 Å². The number of rotatable bonds is 1. The molecule has 74 valence electrons. The molecule has 1 aromatic rings. The van der Waals surface area contributed by atoms with E-state index in [1.54, 1.807) is 11.1 Å². The fraction of sp³-hybridized carbons (Fsp3) is 0.333. The van der Waals surface area contributed by atoms with Crippen molar-refractivity contribution in [1.29, 1.82) is 0 Å². The van der Waals surface area contributed by atoms with Gasteiger partial charge in [0.2, 0.25) is 5.91 Å². The number of hydrogen-bond donors (Lipinski definition) is 1. The Morgan fingerprint density at radius 3 is 2.86 bits per heavy atom. The number of aromatic nitrogens is 1. The zero-order valence-electron chi connectivity index (χ0n) is 7.35. The molecule has 1 aromatic heterocycles. The number of hydrogen-bond acceptors (Lipinski definition) is 3. The fourth-order valence-electron chi connectivity index (χ4n) is 1.47. The van der Waals surface area contributed by atoms with Crippen LogP contribution >= 0.6 is 35.2 Å². The minimum Gasteiger partial charge on any atom is -0.310 e. The predicted molar refractivity (Wildman–Crippen MR) is 66.7 cm³/mol. The van der Waals surface area contributed by atoms with Gasteiger partial charge in [0.1, 0.15) is 3.70 Å². The third kappa shape index (κ3) is 2.03. The molecule has 1 fully saturated rings. The topological polar surface area (TPSA) is 33.2 Å². The molecule has 14 heavy (non-hydrogen) atoms. The lowest BCUT2D eigenvalue weighted by atomic mass is 10.4. The van der Waals surface area contributed by atoms with E-state index in [1.807, 2.05) is 12.1 Å². The van der Waals surface area contributed by atoms with Crippen molar-refractivity contribution in [1.82, 2.24) is 4.98 Å². The Bertz CT molecular complexity index is 354. The summed E-state index contributed by atoms with van der Waals surface area (Å²) >= 11 is 6.44. The first-order chi connectivity index (χ1) is 6.66. The maximum atomic E-state index is 11.5. The summed E-state index contributed by atoms with van der Waals surface area (Å²) < 4.78 is 0.931. The maximum Gasteiger partial charge on any atom is 0.228 e. The minimum atomic E-state index is 0.132. The van der Waals surface area contributed by atoms with Crippen molar-refractivity contribution in [2.45, 2.75) is 11.7 Å². The maximum absolute atomic E-state index is 11.5. The molecule has 5 heteroatoms. The van der Waals surface area contributed by atoms with Crippen LogP contribution in [0.1, 0.15) is 6.42 Å². The monoisotopic (exact) mass is 320 g/mol. The number of amides is 1. The number of carbonyl (C=O) groups is 1. The summed E-state index contributed by atoms with van der Waals surface area (Å²) in [5, 5.41) is 0.154. The van der Waals surface area contributed by atoms with Crippen LogP contribution in [0, 0.1) is 3.70 Å². The third-order valence-electron chi connectivity index (χ3n) is 2.13. The Morgan fingerprint density at radius 1 is 1.57 bits per heavy atom. The highest BCUT2D eigenvalue weighted by Crippen LogP contribution is 2.23. The molecule has 0 spiro atoms. The molecular formula is C9H9IN2OS. The van der Waals surface area contributed by atoms with Crippen molar-refractivity contribution in [2.75, 3.05) is 11.4 Å². The second kappa shape index (κ2) is 4.06. The molecule has 0 aliphatic carbocycles. The standard InChI is InChI=1S/C9H9IN2OS/c10-8-2-1-6(4-11-8)12-5-7(14)3-9(12)13/h1-2,4,7,14H,3,5H2. The van der Waals surface area contributed by atoms with E-state index in [4.69, 9.17) is 0 Å². The number of halogens is 1. The fourth-order valence-corrected chi connectivity index (χ4v) is 2.10. The lowest BCUT2D eigenvalue weighted by molar-refractivity contribution is -0.117. The molecule has 1 atom stereocenters. The van der Waals surface area contributed by atoms with Crippen LogP contribution in [0.2, 0.25) is 0 Å². The first kappa shape index (κ1) is 10.2. The average molecular weight is 320 g/mol. The Morgan fingerprint density at radius 2 is 2.36 bits per heavy atom. The molecule has 0 N–H and O–H groups in total. The van der Waals surface area contributed by atoms with E-state index < -0.39 is 0 Å². The van der Waals surface area contributed by atoms with Gasteiger partial charge in [0.15, 0.2) is 0 Å². The van der Waals surface area contributed by atoms with Crippen LogP contribution in [0.25, 0.3) is 0 Å². The van der Waals surface area contributed by atoms with Crippen molar-refractivity contribution in [3.8, 4) is 0 Å². The first-order valence-corrected chi connectivity index (χ1v) is 5.86. The summed E-state index contributed by atoms with van der Waals surface area (Å²) in [5.74, 6) is 0.132. The number of nitrogens with zero attached hydrogens (tertiary/aromatic N) is 2. The van der Waals surface area contributed by atoms with Gasteiger partial charge in [-0.1, -0.05) is 0 Å². The molecule has 1 saturated heterocycles. The van der Waals surface area contributed by atoms with Crippen LogP contribution in [0.15, 0.2) is 18.3 Å². The van der Waals surface area contributed by atoms with Gasteiger partial charge in [-0.05, 0) is 34.7 Å². The average Bonchev–Trinajstić information content (AvgIpc) is 2.47. The van der Waals surface area contributed by atoms with E-state index in [1.165, 1.54) is 0 Å². The van der Waals surface area contributed by atoms with E-state index in [-0.39, 0.29) is 11.2 Å². The van der Waals surface area contributed by atoms with E-state index in [2.05, 4.69) is 40.2 Å². The quantitative estimate of drug-likeness (QED) is 0.486. The summed E-state index contributed by atoms with van der Waals surface area (Å²) in [4.78, 5) is 17.4. The number of pyridine rings is 1. The zero-order chi connectivity index (χ0) is 10.1. The van der Waals surface area contributed by atoms with E-state index >= 15 is 0 Å². The van der Waals surface area contributed by atoms with E-state index in [0.29, 0.717) is 13.0 Å². The molecule has 2 rings (SSSR count). The van der Waals surface area contributed by atoms with Gasteiger partial charge < -0.3 is 4.90 Å². The van der Waals surface area contributed by atoms with Crippen LogP contribution in [-0.4, -0.2) is 22.7 Å². The summed E-state index contributed by atoms with van der Waals surface area (Å²) in [7, 11) is 0. The van der Waals surface area contributed by atoms with Gasteiger partial charge in [-0.15, -0.1) is 0 Å². The van der Waals surface area contributed by atoms with Crippen LogP contribution in [0.5, 0.6) is 0 Å². The lowest BCUT2D eigenvalue weighted by Gasteiger charge is -2.15. The van der Waals surface area contributed by atoms with E-state index in [9.17, 15) is 4.79 Å². The number of carbonyl (C=O) groups excluding carboxylic acids is 1. The van der Waals surface area contributed by atoms with Crippen molar-refractivity contribution >= 4 is 46.8 Å². The lowest BCUT2D eigenvalue weighted by Crippen LogP contribution is -2.24. The molecule has 0 aromatic carbocycles. The van der Waals surface area contributed by atoms with Crippen LogP contribution < -0.4 is 4.90 Å². The van der Waals surface area contributed by atoms with Crippen LogP contribution in [0.4, 0.5) is 5.69 Å². The SMILES string of the molecule is O=C1CC(S)CN1c1ccc(I)nc1. The van der Waals surface area contributed by atoms with Gasteiger partial charge in [-0.2, -0.15) is 12.6 Å². The zero-order valence-corrected chi connectivity index (χ0v) is 10.4. The normalized spacial score (nSPS) is 21.7. The molecular weight excluding hydrogens is 311 g/mol. The van der Waals surface area contributed by atoms with Gasteiger partial charge in [0, 0.05) is 18.2 Å². The molecule has 1 aliphatic heterocycles. The van der Waals surface area contributed by atoms with Gasteiger partial charge in [-0.3, -0.25) is 4.79 Å². The molecule has 2 heterocycles. The van der Waals surface area contributed by atoms with E-state index in [0.717, 1.165) is 9.39 Å². The summed E-state index contributed by atoms with van der Waals surface area (Å²) in [6.45, 7) is 0.685. The highest BCUT2D eigenvalue weighted by Gasteiger charge is 2.28. The highest BCUT2D eigenvalue weighted by molar-refractivity contribution is 14.1. The van der Waals surface area contributed by atoms with Crippen molar-refractivity contribution in [3.63, 3.8) is 0 Å². The Hall–Kier alpha value is -0.300. The van der Waals surface area contributed by atoms with Crippen molar-refractivity contribution in [2.24, 2.45) is 0 Å². The molecule has 0 saturated carbocycles.